The molecule has 0 saturated carbocycles. The SMILES string of the molecule is COc1cnn(C(C)C)c1C(N)c1cccc(C)n1. The Morgan fingerprint density at radius 2 is 2.05 bits per heavy atom. The summed E-state index contributed by atoms with van der Waals surface area (Å²) >= 11 is 0. The van der Waals surface area contributed by atoms with Crippen LogP contribution in [0.1, 0.15) is 43.0 Å². The van der Waals surface area contributed by atoms with Crippen molar-refractivity contribution >= 4 is 0 Å². The Morgan fingerprint density at radius 3 is 2.63 bits per heavy atom. The van der Waals surface area contributed by atoms with E-state index in [1.54, 1.807) is 13.3 Å². The molecule has 0 bridgehead atoms. The van der Waals surface area contributed by atoms with E-state index in [1.165, 1.54) is 0 Å². The predicted molar refractivity (Wildman–Crippen MR) is 74.2 cm³/mol. The molecule has 5 heteroatoms. The van der Waals surface area contributed by atoms with Crippen molar-refractivity contribution in [2.75, 3.05) is 7.11 Å². The Bertz CT molecular complexity index is 562. The standard InChI is InChI=1S/C14H20N4O/c1-9(2)18-14(12(19-4)8-16-18)13(15)11-7-5-6-10(3)17-11/h5-9,13H,15H2,1-4H3. The lowest BCUT2D eigenvalue weighted by atomic mass is 10.1. The van der Waals surface area contributed by atoms with Gasteiger partial charge in [-0.25, -0.2) is 0 Å². The van der Waals surface area contributed by atoms with E-state index >= 15 is 0 Å². The lowest BCUT2D eigenvalue weighted by molar-refractivity contribution is 0.400. The summed E-state index contributed by atoms with van der Waals surface area (Å²) in [5.41, 5.74) is 8.97. The van der Waals surface area contributed by atoms with Crippen molar-refractivity contribution in [3.63, 3.8) is 0 Å². The number of nitrogens with two attached hydrogens (primary N) is 1. The number of hydrogen-bond donors (Lipinski definition) is 1. The molecule has 0 aromatic carbocycles. The topological polar surface area (TPSA) is 66.0 Å². The molecule has 0 amide bonds. The van der Waals surface area contributed by atoms with Crippen LogP contribution in [0.25, 0.3) is 0 Å². The Morgan fingerprint density at radius 1 is 1.32 bits per heavy atom. The second-order valence-electron chi connectivity index (χ2n) is 4.82. The number of rotatable bonds is 4. The van der Waals surface area contributed by atoms with Gasteiger partial charge in [0.05, 0.1) is 25.0 Å². The van der Waals surface area contributed by atoms with E-state index < -0.39 is 0 Å². The van der Waals surface area contributed by atoms with Crippen LogP contribution >= 0.6 is 0 Å². The molecule has 1 unspecified atom stereocenters. The Hall–Kier alpha value is -1.88. The summed E-state index contributed by atoms with van der Waals surface area (Å²) in [5.74, 6) is 0.699. The number of hydrogen-bond acceptors (Lipinski definition) is 4. The van der Waals surface area contributed by atoms with Crippen LogP contribution in [0.4, 0.5) is 0 Å². The second kappa shape index (κ2) is 5.40. The fourth-order valence-electron chi connectivity index (χ4n) is 2.10. The molecule has 19 heavy (non-hydrogen) atoms. The Balaban J connectivity index is 2.48. The van der Waals surface area contributed by atoms with E-state index in [2.05, 4.69) is 23.9 Å². The molecule has 0 radical (unpaired) electrons. The molecule has 0 aliphatic rings. The lowest BCUT2D eigenvalue weighted by Crippen LogP contribution is -2.20. The van der Waals surface area contributed by atoms with Crippen molar-refractivity contribution in [3.05, 3.63) is 41.5 Å². The van der Waals surface area contributed by atoms with E-state index in [1.807, 2.05) is 29.8 Å². The van der Waals surface area contributed by atoms with Crippen LogP contribution in [-0.4, -0.2) is 21.9 Å². The van der Waals surface area contributed by atoms with Gasteiger partial charge in [-0.05, 0) is 32.9 Å². The van der Waals surface area contributed by atoms with Gasteiger partial charge in [-0.2, -0.15) is 5.10 Å². The van der Waals surface area contributed by atoms with Gasteiger partial charge in [0.1, 0.15) is 5.69 Å². The highest BCUT2D eigenvalue weighted by Gasteiger charge is 2.22. The quantitative estimate of drug-likeness (QED) is 0.915. The molecular formula is C14H20N4O. The van der Waals surface area contributed by atoms with Crippen LogP contribution in [0.2, 0.25) is 0 Å². The normalized spacial score (nSPS) is 12.7. The fourth-order valence-corrected chi connectivity index (χ4v) is 2.10. The van der Waals surface area contributed by atoms with E-state index in [4.69, 9.17) is 10.5 Å². The van der Waals surface area contributed by atoms with Gasteiger partial charge in [0.15, 0.2) is 5.75 Å². The molecule has 0 aliphatic heterocycles. The van der Waals surface area contributed by atoms with Crippen LogP contribution in [0.15, 0.2) is 24.4 Å². The third-order valence-corrected chi connectivity index (χ3v) is 3.03. The van der Waals surface area contributed by atoms with Crippen LogP contribution in [0.3, 0.4) is 0 Å². The van der Waals surface area contributed by atoms with Crippen molar-refractivity contribution in [2.24, 2.45) is 5.73 Å². The molecule has 2 heterocycles. The summed E-state index contributed by atoms with van der Waals surface area (Å²) in [7, 11) is 1.63. The summed E-state index contributed by atoms with van der Waals surface area (Å²) in [4.78, 5) is 4.48. The van der Waals surface area contributed by atoms with Gasteiger partial charge in [0.2, 0.25) is 0 Å². The zero-order valence-corrected chi connectivity index (χ0v) is 11.8. The molecule has 0 spiro atoms. The van der Waals surface area contributed by atoms with Gasteiger partial charge in [0, 0.05) is 11.7 Å². The van der Waals surface area contributed by atoms with E-state index in [0.717, 1.165) is 17.1 Å². The molecule has 0 aliphatic carbocycles. The monoisotopic (exact) mass is 260 g/mol. The highest BCUT2D eigenvalue weighted by molar-refractivity contribution is 5.34. The van der Waals surface area contributed by atoms with Crippen LogP contribution in [-0.2, 0) is 0 Å². The number of ether oxygens (including phenoxy) is 1. The van der Waals surface area contributed by atoms with Gasteiger partial charge in [0.25, 0.3) is 0 Å². The average Bonchev–Trinajstić information content (AvgIpc) is 2.81. The summed E-state index contributed by atoms with van der Waals surface area (Å²) in [6, 6.07) is 5.71. The summed E-state index contributed by atoms with van der Waals surface area (Å²) in [6.07, 6.45) is 1.70. The van der Waals surface area contributed by atoms with Gasteiger partial charge >= 0.3 is 0 Å². The van der Waals surface area contributed by atoms with Gasteiger partial charge < -0.3 is 10.5 Å². The molecule has 5 nitrogen and oxygen atoms in total. The minimum Gasteiger partial charge on any atom is -0.493 e. The van der Waals surface area contributed by atoms with E-state index in [9.17, 15) is 0 Å². The average molecular weight is 260 g/mol. The minimum absolute atomic E-state index is 0.217. The highest BCUT2D eigenvalue weighted by Crippen LogP contribution is 2.29. The van der Waals surface area contributed by atoms with Crippen LogP contribution in [0.5, 0.6) is 5.75 Å². The number of aryl methyl sites for hydroxylation is 1. The predicted octanol–water partition coefficient (Wildman–Crippen LogP) is 2.22. The zero-order valence-electron chi connectivity index (χ0n) is 11.8. The van der Waals surface area contributed by atoms with Crippen LogP contribution in [0, 0.1) is 6.92 Å². The highest BCUT2D eigenvalue weighted by atomic mass is 16.5. The largest absolute Gasteiger partial charge is 0.493 e. The summed E-state index contributed by atoms with van der Waals surface area (Å²) in [5, 5.41) is 4.34. The minimum atomic E-state index is -0.347. The fraction of sp³-hybridized carbons (Fsp3) is 0.429. The van der Waals surface area contributed by atoms with Crippen molar-refractivity contribution < 1.29 is 4.74 Å². The number of aromatic nitrogens is 3. The van der Waals surface area contributed by atoms with Crippen molar-refractivity contribution in [3.8, 4) is 5.75 Å². The van der Waals surface area contributed by atoms with Crippen LogP contribution < -0.4 is 10.5 Å². The second-order valence-corrected chi connectivity index (χ2v) is 4.82. The Kier molecular flexibility index (Phi) is 3.85. The van der Waals surface area contributed by atoms with Gasteiger partial charge in [-0.1, -0.05) is 6.07 Å². The van der Waals surface area contributed by atoms with Crippen molar-refractivity contribution in [1.29, 1.82) is 0 Å². The first-order valence-electron chi connectivity index (χ1n) is 6.35. The van der Waals surface area contributed by atoms with E-state index in [0.29, 0.717) is 5.75 Å². The maximum absolute atomic E-state index is 6.34. The number of pyridine rings is 1. The molecule has 2 rings (SSSR count). The maximum Gasteiger partial charge on any atom is 0.161 e. The first-order valence-corrected chi connectivity index (χ1v) is 6.35. The Labute approximate surface area is 113 Å². The van der Waals surface area contributed by atoms with Crippen molar-refractivity contribution in [2.45, 2.75) is 32.9 Å². The number of methoxy groups -OCH3 is 1. The molecule has 2 N–H and O–H groups in total. The van der Waals surface area contributed by atoms with Gasteiger partial charge in [-0.15, -0.1) is 0 Å². The number of nitrogens with zero attached hydrogens (tertiary/aromatic N) is 3. The first kappa shape index (κ1) is 13.5. The lowest BCUT2D eigenvalue weighted by Gasteiger charge is -2.18. The maximum atomic E-state index is 6.34. The summed E-state index contributed by atoms with van der Waals surface area (Å²) in [6.45, 7) is 6.08. The molecule has 2 aromatic heterocycles. The summed E-state index contributed by atoms with van der Waals surface area (Å²) < 4.78 is 7.24. The third kappa shape index (κ3) is 2.61. The molecule has 102 valence electrons. The molecule has 0 fully saturated rings. The molecule has 2 aromatic rings. The third-order valence-electron chi connectivity index (χ3n) is 3.03. The van der Waals surface area contributed by atoms with E-state index in [-0.39, 0.29) is 12.1 Å². The van der Waals surface area contributed by atoms with Gasteiger partial charge in [-0.3, -0.25) is 9.67 Å². The first-order chi connectivity index (χ1) is 9.04. The molecule has 1 atom stereocenters. The smallest absolute Gasteiger partial charge is 0.161 e. The molecule has 0 saturated heterocycles. The van der Waals surface area contributed by atoms with Crippen molar-refractivity contribution in [1.82, 2.24) is 14.8 Å². The zero-order chi connectivity index (χ0) is 14.0. The molecular weight excluding hydrogens is 240 g/mol.